The SMILES string of the molecule is CC(C)c1ccc(C(=O)CSc2nnc([C@H]3COc4ccccc4O3)n2C)cc1. The van der Waals surface area contributed by atoms with Crippen LogP contribution in [-0.2, 0) is 7.05 Å². The van der Waals surface area contributed by atoms with Crippen molar-refractivity contribution in [1.29, 1.82) is 0 Å². The second kappa shape index (κ2) is 8.29. The van der Waals surface area contributed by atoms with Crippen molar-refractivity contribution in [2.45, 2.75) is 31.0 Å². The second-order valence-electron chi connectivity index (χ2n) is 7.25. The van der Waals surface area contributed by atoms with Gasteiger partial charge in [0.15, 0.2) is 34.4 Å². The zero-order valence-electron chi connectivity index (χ0n) is 16.7. The molecule has 1 aliphatic heterocycles. The van der Waals surface area contributed by atoms with Gasteiger partial charge in [-0.05, 0) is 23.6 Å². The van der Waals surface area contributed by atoms with Gasteiger partial charge >= 0.3 is 0 Å². The van der Waals surface area contributed by atoms with Gasteiger partial charge in [0.05, 0.1) is 5.75 Å². The first kappa shape index (κ1) is 19.5. The summed E-state index contributed by atoms with van der Waals surface area (Å²) < 4.78 is 13.6. The lowest BCUT2D eigenvalue weighted by Gasteiger charge is -2.25. The van der Waals surface area contributed by atoms with Crippen LogP contribution in [0.2, 0.25) is 0 Å². The van der Waals surface area contributed by atoms with Gasteiger partial charge in [0, 0.05) is 12.6 Å². The zero-order valence-corrected chi connectivity index (χ0v) is 17.5. The molecule has 2 heterocycles. The van der Waals surface area contributed by atoms with Crippen molar-refractivity contribution in [2.75, 3.05) is 12.4 Å². The summed E-state index contributed by atoms with van der Waals surface area (Å²) >= 11 is 1.37. The van der Waals surface area contributed by atoms with Crippen LogP contribution in [-0.4, -0.2) is 32.9 Å². The normalized spacial score (nSPS) is 15.5. The van der Waals surface area contributed by atoms with E-state index in [0.717, 1.165) is 5.75 Å². The number of carbonyl (C=O) groups is 1. The molecule has 0 spiro atoms. The van der Waals surface area contributed by atoms with Crippen molar-refractivity contribution in [2.24, 2.45) is 7.05 Å². The first-order chi connectivity index (χ1) is 14.0. The molecule has 1 atom stereocenters. The van der Waals surface area contributed by atoms with Gasteiger partial charge in [-0.3, -0.25) is 4.79 Å². The van der Waals surface area contributed by atoms with E-state index in [4.69, 9.17) is 9.47 Å². The van der Waals surface area contributed by atoms with E-state index in [1.165, 1.54) is 17.3 Å². The minimum absolute atomic E-state index is 0.0704. The van der Waals surface area contributed by atoms with E-state index in [-0.39, 0.29) is 11.9 Å². The molecule has 1 aromatic heterocycles. The third-order valence-electron chi connectivity index (χ3n) is 4.90. The van der Waals surface area contributed by atoms with Crippen LogP contribution in [0, 0.1) is 0 Å². The highest BCUT2D eigenvalue weighted by Crippen LogP contribution is 2.35. The molecule has 0 fully saturated rings. The molecule has 7 heteroatoms. The van der Waals surface area contributed by atoms with Crippen LogP contribution < -0.4 is 9.47 Å². The van der Waals surface area contributed by atoms with Gasteiger partial charge in [-0.15, -0.1) is 10.2 Å². The highest BCUT2D eigenvalue weighted by molar-refractivity contribution is 7.99. The molecule has 1 aliphatic rings. The molecular weight excluding hydrogens is 386 g/mol. The molecule has 2 aromatic carbocycles. The first-order valence-corrected chi connectivity index (χ1v) is 10.5. The highest BCUT2D eigenvalue weighted by atomic mass is 32.2. The Kier molecular flexibility index (Phi) is 5.58. The quantitative estimate of drug-likeness (QED) is 0.443. The Balaban J connectivity index is 1.41. The molecule has 3 aromatic rings. The summed E-state index contributed by atoms with van der Waals surface area (Å²) in [7, 11) is 1.88. The Hall–Kier alpha value is -2.80. The largest absolute Gasteiger partial charge is 0.485 e. The molecule has 4 rings (SSSR count). The summed E-state index contributed by atoms with van der Waals surface area (Å²) in [6.45, 7) is 4.64. The van der Waals surface area contributed by atoms with Crippen LogP contribution in [0.4, 0.5) is 0 Å². The topological polar surface area (TPSA) is 66.2 Å². The number of para-hydroxylation sites is 2. The Labute approximate surface area is 174 Å². The maximum absolute atomic E-state index is 12.5. The van der Waals surface area contributed by atoms with Crippen molar-refractivity contribution in [3.05, 3.63) is 65.5 Å². The van der Waals surface area contributed by atoms with Gasteiger partial charge in [0.2, 0.25) is 0 Å². The van der Waals surface area contributed by atoms with Crippen LogP contribution in [0.1, 0.15) is 47.6 Å². The number of nitrogens with zero attached hydrogens (tertiary/aromatic N) is 3. The van der Waals surface area contributed by atoms with Gasteiger partial charge < -0.3 is 14.0 Å². The van der Waals surface area contributed by atoms with E-state index in [0.29, 0.717) is 40.6 Å². The molecule has 0 aliphatic carbocycles. The summed E-state index contributed by atoms with van der Waals surface area (Å²) in [5, 5.41) is 9.18. The number of thioether (sulfide) groups is 1. The maximum atomic E-state index is 12.5. The van der Waals surface area contributed by atoms with Gasteiger partial charge in [-0.25, -0.2) is 0 Å². The van der Waals surface area contributed by atoms with Crippen molar-refractivity contribution in [1.82, 2.24) is 14.8 Å². The third-order valence-corrected chi connectivity index (χ3v) is 5.92. The van der Waals surface area contributed by atoms with Crippen LogP contribution in [0.5, 0.6) is 11.5 Å². The molecule has 0 N–H and O–H groups in total. The van der Waals surface area contributed by atoms with E-state index in [9.17, 15) is 4.79 Å². The number of carbonyl (C=O) groups excluding carboxylic acids is 1. The molecule has 29 heavy (non-hydrogen) atoms. The number of rotatable bonds is 6. The third kappa shape index (κ3) is 4.15. The van der Waals surface area contributed by atoms with Gasteiger partial charge in [-0.2, -0.15) is 0 Å². The average molecular weight is 410 g/mol. The van der Waals surface area contributed by atoms with Gasteiger partial charge in [-0.1, -0.05) is 62.0 Å². The number of ether oxygens (including phenoxy) is 2. The van der Waals surface area contributed by atoms with Crippen molar-refractivity contribution >= 4 is 17.5 Å². The molecule has 0 saturated carbocycles. The summed E-state index contributed by atoms with van der Waals surface area (Å²) in [5.74, 6) is 2.92. The molecule has 0 amide bonds. The van der Waals surface area contributed by atoms with E-state index < -0.39 is 0 Å². The minimum atomic E-state index is -0.337. The van der Waals surface area contributed by atoms with Crippen molar-refractivity contribution < 1.29 is 14.3 Å². The average Bonchev–Trinajstić information content (AvgIpc) is 3.12. The maximum Gasteiger partial charge on any atom is 0.192 e. The lowest BCUT2D eigenvalue weighted by molar-refractivity contribution is 0.0825. The number of aromatic nitrogens is 3. The summed E-state index contributed by atoms with van der Waals surface area (Å²) in [6, 6.07) is 15.4. The molecule has 0 saturated heterocycles. The second-order valence-corrected chi connectivity index (χ2v) is 8.20. The number of benzene rings is 2. The number of fused-ring (bicyclic) bond motifs is 1. The van der Waals surface area contributed by atoms with Crippen molar-refractivity contribution in [3.63, 3.8) is 0 Å². The Morgan fingerprint density at radius 3 is 2.59 bits per heavy atom. The summed E-state index contributed by atoms with van der Waals surface area (Å²) in [6.07, 6.45) is -0.337. The smallest absolute Gasteiger partial charge is 0.192 e. The molecule has 0 unspecified atom stereocenters. The van der Waals surface area contributed by atoms with Crippen LogP contribution in [0.15, 0.2) is 53.7 Å². The van der Waals surface area contributed by atoms with E-state index in [1.807, 2.05) is 60.1 Å². The van der Waals surface area contributed by atoms with Crippen LogP contribution in [0.3, 0.4) is 0 Å². The Morgan fingerprint density at radius 1 is 1.14 bits per heavy atom. The fourth-order valence-corrected chi connectivity index (χ4v) is 3.96. The van der Waals surface area contributed by atoms with E-state index in [1.54, 1.807) is 0 Å². The first-order valence-electron chi connectivity index (χ1n) is 9.56. The Bertz CT molecular complexity index is 1010. The lowest BCUT2D eigenvalue weighted by Crippen LogP contribution is -2.24. The van der Waals surface area contributed by atoms with Gasteiger partial charge in [0.1, 0.15) is 6.61 Å². The number of hydrogen-bond donors (Lipinski definition) is 0. The van der Waals surface area contributed by atoms with E-state index in [2.05, 4.69) is 24.0 Å². The molecule has 0 radical (unpaired) electrons. The van der Waals surface area contributed by atoms with Crippen LogP contribution >= 0.6 is 11.8 Å². The molecular formula is C22H23N3O3S. The van der Waals surface area contributed by atoms with Gasteiger partial charge in [0.25, 0.3) is 0 Å². The standard InChI is InChI=1S/C22H23N3O3S/c1-14(2)15-8-10-16(11-9-15)17(26)13-29-22-24-23-21(25(22)3)20-12-27-18-6-4-5-7-19(18)28-20/h4-11,14,20H,12-13H2,1-3H3/t20-/m1/s1. The molecule has 6 nitrogen and oxygen atoms in total. The number of hydrogen-bond acceptors (Lipinski definition) is 6. The zero-order chi connectivity index (χ0) is 20.4. The van der Waals surface area contributed by atoms with Crippen molar-refractivity contribution in [3.8, 4) is 11.5 Å². The monoisotopic (exact) mass is 409 g/mol. The summed E-state index contributed by atoms with van der Waals surface area (Å²) in [4.78, 5) is 12.5. The predicted octanol–water partition coefficient (Wildman–Crippen LogP) is 4.43. The molecule has 0 bridgehead atoms. The van der Waals surface area contributed by atoms with Crippen LogP contribution in [0.25, 0.3) is 0 Å². The fourth-order valence-electron chi connectivity index (χ4n) is 3.15. The summed E-state index contributed by atoms with van der Waals surface area (Å²) in [5.41, 5.74) is 1.94. The number of ketones is 1. The van der Waals surface area contributed by atoms with E-state index >= 15 is 0 Å². The Morgan fingerprint density at radius 2 is 1.86 bits per heavy atom. The molecule has 150 valence electrons. The highest BCUT2D eigenvalue weighted by Gasteiger charge is 2.27. The fraction of sp³-hybridized carbons (Fsp3) is 0.318. The lowest BCUT2D eigenvalue weighted by atomic mass is 10.0. The predicted molar refractivity (Wildman–Crippen MR) is 112 cm³/mol. The number of Topliss-reactive ketones (excluding diaryl/α,β-unsaturated/α-hetero) is 1. The minimum Gasteiger partial charge on any atom is -0.485 e.